The zero-order valence-electron chi connectivity index (χ0n) is 17.4. The SMILES string of the molecule is O=C([C@@H]1CCCN1C(=O)CCN1C(=O)c2cccc3cccc(c23)C1=O)N1CCCC1. The van der Waals surface area contributed by atoms with Crippen molar-refractivity contribution in [1.29, 1.82) is 0 Å². The van der Waals surface area contributed by atoms with Gasteiger partial charge >= 0.3 is 0 Å². The molecule has 0 saturated carbocycles. The van der Waals surface area contributed by atoms with Crippen LogP contribution in [0.4, 0.5) is 0 Å². The lowest BCUT2D eigenvalue weighted by atomic mass is 9.94. The van der Waals surface area contributed by atoms with Crippen molar-refractivity contribution >= 4 is 34.4 Å². The number of carbonyl (C=O) groups is 4. The number of benzene rings is 2. The Morgan fingerprint density at radius 1 is 0.871 bits per heavy atom. The fourth-order valence-electron chi connectivity index (χ4n) is 5.10. The summed E-state index contributed by atoms with van der Waals surface area (Å²) in [5, 5.41) is 1.53. The third-order valence-electron chi connectivity index (χ3n) is 6.68. The van der Waals surface area contributed by atoms with E-state index in [2.05, 4.69) is 0 Å². The molecule has 0 unspecified atom stereocenters. The Bertz CT molecular complexity index is 1040. The van der Waals surface area contributed by atoms with E-state index in [0.29, 0.717) is 29.5 Å². The van der Waals surface area contributed by atoms with Crippen molar-refractivity contribution in [1.82, 2.24) is 14.7 Å². The Kier molecular flexibility index (Phi) is 4.96. The summed E-state index contributed by atoms with van der Waals surface area (Å²) in [5.41, 5.74) is 0.979. The summed E-state index contributed by atoms with van der Waals surface area (Å²) >= 11 is 0. The predicted octanol–water partition coefficient (Wildman–Crippen LogP) is 2.44. The van der Waals surface area contributed by atoms with E-state index in [0.717, 1.165) is 37.7 Å². The lowest BCUT2D eigenvalue weighted by molar-refractivity contribution is -0.143. The summed E-state index contributed by atoms with van der Waals surface area (Å²) in [6.07, 6.45) is 3.53. The van der Waals surface area contributed by atoms with Gasteiger partial charge in [0.25, 0.3) is 11.8 Å². The van der Waals surface area contributed by atoms with Crippen LogP contribution in [0.25, 0.3) is 10.8 Å². The molecule has 1 atom stereocenters. The van der Waals surface area contributed by atoms with Gasteiger partial charge in [0.05, 0.1) is 0 Å². The molecule has 2 aromatic rings. The van der Waals surface area contributed by atoms with Gasteiger partial charge in [-0.3, -0.25) is 24.1 Å². The zero-order chi connectivity index (χ0) is 21.5. The Morgan fingerprint density at radius 3 is 2.16 bits per heavy atom. The number of likely N-dealkylation sites (tertiary alicyclic amines) is 2. The first-order valence-electron chi connectivity index (χ1n) is 11.0. The Balaban J connectivity index is 1.31. The molecule has 2 saturated heterocycles. The molecule has 0 aromatic heterocycles. The molecule has 0 radical (unpaired) electrons. The van der Waals surface area contributed by atoms with Gasteiger partial charge in [0.2, 0.25) is 11.8 Å². The lowest BCUT2D eigenvalue weighted by Gasteiger charge is -2.30. The number of amides is 4. The molecule has 3 heterocycles. The molecule has 0 bridgehead atoms. The quantitative estimate of drug-likeness (QED) is 0.713. The van der Waals surface area contributed by atoms with Crippen LogP contribution in [0.5, 0.6) is 0 Å². The third-order valence-corrected chi connectivity index (χ3v) is 6.68. The van der Waals surface area contributed by atoms with Crippen molar-refractivity contribution in [2.24, 2.45) is 0 Å². The second-order valence-corrected chi connectivity index (χ2v) is 8.50. The molecule has 0 aliphatic carbocycles. The second-order valence-electron chi connectivity index (χ2n) is 8.50. The Morgan fingerprint density at radius 2 is 1.52 bits per heavy atom. The first kappa shape index (κ1) is 19.7. The summed E-state index contributed by atoms with van der Waals surface area (Å²) in [4.78, 5) is 56.5. The number of imide groups is 1. The maximum absolute atomic E-state index is 13.0. The van der Waals surface area contributed by atoms with E-state index in [1.165, 1.54) is 4.90 Å². The van der Waals surface area contributed by atoms with Gasteiger partial charge in [0, 0.05) is 49.1 Å². The van der Waals surface area contributed by atoms with Crippen LogP contribution in [0.2, 0.25) is 0 Å². The van der Waals surface area contributed by atoms with Crippen LogP contribution >= 0.6 is 0 Å². The minimum atomic E-state index is -0.409. The summed E-state index contributed by atoms with van der Waals surface area (Å²) in [7, 11) is 0. The van der Waals surface area contributed by atoms with E-state index in [-0.39, 0.29) is 36.6 Å². The molecule has 0 spiro atoms. The molecule has 5 rings (SSSR count). The predicted molar refractivity (Wildman–Crippen MR) is 114 cm³/mol. The molecule has 31 heavy (non-hydrogen) atoms. The Hall–Kier alpha value is -3.22. The number of hydrogen-bond donors (Lipinski definition) is 0. The highest BCUT2D eigenvalue weighted by atomic mass is 16.2. The molecule has 0 N–H and O–H groups in total. The highest BCUT2D eigenvalue weighted by Gasteiger charge is 2.38. The van der Waals surface area contributed by atoms with Crippen molar-refractivity contribution in [2.75, 3.05) is 26.2 Å². The second kappa shape index (κ2) is 7.80. The van der Waals surface area contributed by atoms with E-state index in [1.807, 2.05) is 17.0 Å². The van der Waals surface area contributed by atoms with Crippen LogP contribution in [-0.4, -0.2) is 70.5 Å². The van der Waals surface area contributed by atoms with Crippen molar-refractivity contribution in [2.45, 2.75) is 38.1 Å². The molecule has 160 valence electrons. The van der Waals surface area contributed by atoms with Gasteiger partial charge in [0.15, 0.2) is 0 Å². The van der Waals surface area contributed by atoms with Gasteiger partial charge in [-0.05, 0) is 43.2 Å². The largest absolute Gasteiger partial charge is 0.341 e. The first-order valence-corrected chi connectivity index (χ1v) is 11.0. The van der Waals surface area contributed by atoms with Crippen LogP contribution in [0.3, 0.4) is 0 Å². The van der Waals surface area contributed by atoms with Crippen LogP contribution < -0.4 is 0 Å². The molecular formula is C24H25N3O4. The van der Waals surface area contributed by atoms with E-state index in [9.17, 15) is 19.2 Å². The van der Waals surface area contributed by atoms with Crippen molar-refractivity contribution in [3.05, 3.63) is 47.5 Å². The minimum absolute atomic E-state index is 0.0162. The van der Waals surface area contributed by atoms with Crippen molar-refractivity contribution in [3.63, 3.8) is 0 Å². The van der Waals surface area contributed by atoms with Gasteiger partial charge < -0.3 is 9.80 Å². The van der Waals surface area contributed by atoms with E-state index >= 15 is 0 Å². The summed E-state index contributed by atoms with van der Waals surface area (Å²) in [6.45, 7) is 2.09. The topological polar surface area (TPSA) is 78.0 Å². The standard InChI is InChI=1S/C24H25N3O4/c28-20(26-14-5-10-19(26)24(31)25-12-1-2-13-25)11-15-27-22(29)17-8-3-6-16-7-4-9-18(21(16)17)23(27)30/h3-4,6-9,19H,1-2,5,10-15H2/t19-/m0/s1. The molecule has 4 amide bonds. The molecule has 3 aliphatic rings. The minimum Gasteiger partial charge on any atom is -0.341 e. The number of carbonyl (C=O) groups excluding carboxylic acids is 4. The molecule has 2 aromatic carbocycles. The van der Waals surface area contributed by atoms with Gasteiger partial charge in [-0.15, -0.1) is 0 Å². The molecule has 7 nitrogen and oxygen atoms in total. The van der Waals surface area contributed by atoms with Gasteiger partial charge in [0.1, 0.15) is 6.04 Å². The van der Waals surface area contributed by atoms with Crippen LogP contribution in [0.1, 0.15) is 52.8 Å². The van der Waals surface area contributed by atoms with E-state index in [4.69, 9.17) is 0 Å². The average molecular weight is 419 g/mol. The zero-order valence-corrected chi connectivity index (χ0v) is 17.4. The van der Waals surface area contributed by atoms with Gasteiger partial charge in [-0.25, -0.2) is 0 Å². The monoisotopic (exact) mass is 419 g/mol. The maximum Gasteiger partial charge on any atom is 0.261 e. The summed E-state index contributed by atoms with van der Waals surface area (Å²) in [5.74, 6) is -0.872. The van der Waals surface area contributed by atoms with Crippen LogP contribution in [0.15, 0.2) is 36.4 Å². The van der Waals surface area contributed by atoms with Gasteiger partial charge in [-0.1, -0.05) is 24.3 Å². The third kappa shape index (κ3) is 3.28. The van der Waals surface area contributed by atoms with Gasteiger partial charge in [-0.2, -0.15) is 0 Å². The normalized spacial score (nSPS) is 20.8. The van der Waals surface area contributed by atoms with Crippen molar-refractivity contribution in [3.8, 4) is 0 Å². The maximum atomic E-state index is 13.0. The molecule has 3 aliphatic heterocycles. The molecular weight excluding hydrogens is 394 g/mol. The highest BCUT2D eigenvalue weighted by molar-refractivity contribution is 6.25. The smallest absolute Gasteiger partial charge is 0.261 e. The van der Waals surface area contributed by atoms with E-state index in [1.54, 1.807) is 29.2 Å². The molecule has 7 heteroatoms. The highest BCUT2D eigenvalue weighted by Crippen LogP contribution is 2.30. The number of rotatable bonds is 4. The number of hydrogen-bond acceptors (Lipinski definition) is 4. The summed E-state index contributed by atoms with van der Waals surface area (Å²) < 4.78 is 0. The fourth-order valence-corrected chi connectivity index (χ4v) is 5.10. The lowest BCUT2D eigenvalue weighted by Crippen LogP contribution is -2.48. The first-order chi connectivity index (χ1) is 15.1. The average Bonchev–Trinajstić information content (AvgIpc) is 3.49. The van der Waals surface area contributed by atoms with Crippen molar-refractivity contribution < 1.29 is 19.2 Å². The van der Waals surface area contributed by atoms with Crippen LogP contribution in [0, 0.1) is 0 Å². The number of nitrogens with zero attached hydrogens (tertiary/aromatic N) is 3. The Labute approximate surface area is 180 Å². The van der Waals surface area contributed by atoms with Crippen LogP contribution in [-0.2, 0) is 9.59 Å². The van der Waals surface area contributed by atoms with E-state index < -0.39 is 6.04 Å². The molecule has 2 fully saturated rings. The summed E-state index contributed by atoms with van der Waals surface area (Å²) in [6, 6.07) is 10.4. The fraction of sp³-hybridized carbons (Fsp3) is 0.417.